The van der Waals surface area contributed by atoms with E-state index in [2.05, 4.69) is 11.4 Å². The summed E-state index contributed by atoms with van der Waals surface area (Å²) < 4.78 is 18.4. The average Bonchev–Trinajstić information content (AvgIpc) is 2.42. The predicted molar refractivity (Wildman–Crippen MR) is 73.4 cm³/mol. The van der Waals surface area contributed by atoms with Gasteiger partial charge in [-0.05, 0) is 37.9 Å². The molecule has 4 heteroatoms. The molecule has 0 bridgehead atoms. The van der Waals surface area contributed by atoms with E-state index in [9.17, 15) is 9.65 Å². The fraction of sp³-hybridized carbons (Fsp3) is 0.533. The van der Waals surface area contributed by atoms with Crippen LogP contribution < -0.4 is 10.1 Å². The maximum absolute atomic E-state index is 12.9. The Kier molecular flexibility index (Phi) is 6.31. The molecule has 1 N–H and O–H groups in total. The van der Waals surface area contributed by atoms with Gasteiger partial charge in [0.25, 0.3) is 0 Å². The molecule has 0 aliphatic heterocycles. The molecule has 0 spiro atoms. The maximum Gasteiger partial charge on any atom is 0.126 e. The van der Waals surface area contributed by atoms with Gasteiger partial charge in [0, 0.05) is 6.07 Å². The first-order valence-corrected chi connectivity index (χ1v) is 6.70. The largest absolute Gasteiger partial charge is 0.493 e. The highest BCUT2D eigenvalue weighted by Gasteiger charge is 2.25. The molecule has 1 unspecified atom stereocenters. The van der Waals surface area contributed by atoms with Crippen LogP contribution >= 0.6 is 0 Å². The van der Waals surface area contributed by atoms with Crippen molar-refractivity contribution in [3.05, 3.63) is 30.1 Å². The average molecular weight is 264 g/mol. The van der Waals surface area contributed by atoms with Gasteiger partial charge in [0.15, 0.2) is 0 Å². The topological polar surface area (TPSA) is 45.0 Å². The van der Waals surface area contributed by atoms with Crippen molar-refractivity contribution >= 4 is 0 Å². The molecule has 0 aromatic heterocycles. The number of nitriles is 1. The van der Waals surface area contributed by atoms with E-state index in [4.69, 9.17) is 4.74 Å². The van der Waals surface area contributed by atoms with Crippen molar-refractivity contribution in [1.29, 1.82) is 5.26 Å². The van der Waals surface area contributed by atoms with E-state index in [1.54, 1.807) is 12.1 Å². The molecule has 0 fully saturated rings. The lowest BCUT2D eigenvalue weighted by molar-refractivity contribution is 0.276. The van der Waals surface area contributed by atoms with E-state index < -0.39 is 5.54 Å². The van der Waals surface area contributed by atoms with Gasteiger partial charge in [0.1, 0.15) is 17.1 Å². The van der Waals surface area contributed by atoms with Crippen molar-refractivity contribution in [1.82, 2.24) is 5.32 Å². The van der Waals surface area contributed by atoms with Gasteiger partial charge in [-0.3, -0.25) is 5.32 Å². The number of benzene rings is 1. The lowest BCUT2D eigenvalue weighted by Crippen LogP contribution is -2.43. The second-order valence-electron chi connectivity index (χ2n) is 4.49. The Balaban J connectivity index is 2.39. The van der Waals surface area contributed by atoms with E-state index in [1.165, 1.54) is 12.1 Å². The van der Waals surface area contributed by atoms with E-state index in [1.807, 2.05) is 13.8 Å². The van der Waals surface area contributed by atoms with Crippen molar-refractivity contribution in [3.63, 3.8) is 0 Å². The minimum absolute atomic E-state index is 0.301. The summed E-state index contributed by atoms with van der Waals surface area (Å²) in [4.78, 5) is 0. The Bertz CT molecular complexity index is 430. The summed E-state index contributed by atoms with van der Waals surface area (Å²) in [5, 5.41) is 12.5. The minimum Gasteiger partial charge on any atom is -0.493 e. The standard InChI is InChI=1S/C15H21FN2O/c1-3-15(12-17,18-4-2)9-6-10-19-14-8-5-7-13(16)11-14/h5,7-8,11,18H,3-4,6,9-10H2,1-2H3. The van der Waals surface area contributed by atoms with Crippen LogP contribution in [0.5, 0.6) is 5.75 Å². The Morgan fingerprint density at radius 2 is 2.21 bits per heavy atom. The van der Waals surface area contributed by atoms with E-state index in [0.29, 0.717) is 12.4 Å². The molecule has 0 aliphatic carbocycles. The third-order valence-electron chi connectivity index (χ3n) is 3.15. The second-order valence-corrected chi connectivity index (χ2v) is 4.49. The first-order valence-electron chi connectivity index (χ1n) is 6.70. The molecule has 1 aromatic rings. The van der Waals surface area contributed by atoms with Crippen molar-refractivity contribution in [2.45, 2.75) is 38.6 Å². The van der Waals surface area contributed by atoms with E-state index in [-0.39, 0.29) is 5.82 Å². The first kappa shape index (κ1) is 15.5. The van der Waals surface area contributed by atoms with Crippen LogP contribution in [0, 0.1) is 17.1 Å². The van der Waals surface area contributed by atoms with Crippen molar-refractivity contribution < 1.29 is 9.13 Å². The number of rotatable bonds is 8. The van der Waals surface area contributed by atoms with E-state index >= 15 is 0 Å². The summed E-state index contributed by atoms with van der Waals surface area (Å²) >= 11 is 0. The van der Waals surface area contributed by atoms with Crippen LogP contribution in [0.4, 0.5) is 4.39 Å². The molecule has 0 amide bonds. The monoisotopic (exact) mass is 264 g/mol. The molecule has 104 valence electrons. The lowest BCUT2D eigenvalue weighted by Gasteiger charge is -2.25. The number of hydrogen-bond acceptors (Lipinski definition) is 3. The minimum atomic E-state index is -0.472. The third-order valence-corrected chi connectivity index (χ3v) is 3.15. The summed E-state index contributed by atoms with van der Waals surface area (Å²) in [6.45, 7) is 5.24. The smallest absolute Gasteiger partial charge is 0.126 e. The van der Waals surface area contributed by atoms with Crippen LogP contribution in [0.15, 0.2) is 24.3 Å². The molecule has 1 aromatic carbocycles. The van der Waals surface area contributed by atoms with Crippen LogP contribution in [0.2, 0.25) is 0 Å². The molecule has 1 atom stereocenters. The number of nitrogens with zero attached hydrogens (tertiary/aromatic N) is 1. The van der Waals surface area contributed by atoms with Gasteiger partial charge >= 0.3 is 0 Å². The molecule has 0 heterocycles. The van der Waals surface area contributed by atoms with Gasteiger partial charge in [0.2, 0.25) is 0 Å². The Hall–Kier alpha value is -1.60. The van der Waals surface area contributed by atoms with Gasteiger partial charge in [-0.2, -0.15) is 5.26 Å². The molecular formula is C15H21FN2O. The molecule has 0 saturated carbocycles. The fourth-order valence-corrected chi connectivity index (χ4v) is 2.02. The summed E-state index contributed by atoms with van der Waals surface area (Å²) in [6.07, 6.45) is 2.24. The van der Waals surface area contributed by atoms with Crippen LogP contribution in [0.1, 0.15) is 33.1 Å². The summed E-state index contributed by atoms with van der Waals surface area (Å²) in [5.74, 6) is 0.229. The Morgan fingerprint density at radius 1 is 1.42 bits per heavy atom. The zero-order valence-electron chi connectivity index (χ0n) is 11.6. The van der Waals surface area contributed by atoms with Gasteiger partial charge in [-0.15, -0.1) is 0 Å². The van der Waals surface area contributed by atoms with E-state index in [0.717, 1.165) is 25.8 Å². The first-order chi connectivity index (χ1) is 9.15. The van der Waals surface area contributed by atoms with Crippen LogP contribution in [0.3, 0.4) is 0 Å². The predicted octanol–water partition coefficient (Wildman–Crippen LogP) is 3.27. The lowest BCUT2D eigenvalue weighted by atomic mass is 9.92. The molecule has 1 rings (SSSR count). The number of hydrogen-bond donors (Lipinski definition) is 1. The maximum atomic E-state index is 12.9. The van der Waals surface area contributed by atoms with Gasteiger partial charge in [0.05, 0.1) is 12.7 Å². The van der Waals surface area contributed by atoms with Crippen molar-refractivity contribution in [2.24, 2.45) is 0 Å². The van der Waals surface area contributed by atoms with Crippen LogP contribution in [0.25, 0.3) is 0 Å². The summed E-state index contributed by atoms with van der Waals surface area (Å²) in [7, 11) is 0. The highest BCUT2D eigenvalue weighted by molar-refractivity contribution is 5.22. The van der Waals surface area contributed by atoms with Crippen molar-refractivity contribution in [2.75, 3.05) is 13.2 Å². The highest BCUT2D eigenvalue weighted by Crippen LogP contribution is 2.18. The van der Waals surface area contributed by atoms with Gasteiger partial charge in [-0.1, -0.05) is 19.9 Å². The molecular weight excluding hydrogens is 243 g/mol. The number of nitrogens with one attached hydrogen (secondary N) is 1. The summed E-state index contributed by atoms with van der Waals surface area (Å²) in [5.41, 5.74) is -0.472. The van der Waals surface area contributed by atoms with Gasteiger partial charge in [-0.25, -0.2) is 4.39 Å². The highest BCUT2D eigenvalue weighted by atomic mass is 19.1. The van der Waals surface area contributed by atoms with Crippen LogP contribution in [-0.4, -0.2) is 18.7 Å². The molecule has 19 heavy (non-hydrogen) atoms. The number of halogens is 1. The quantitative estimate of drug-likeness (QED) is 0.733. The Morgan fingerprint density at radius 3 is 2.79 bits per heavy atom. The zero-order valence-corrected chi connectivity index (χ0v) is 11.6. The fourth-order valence-electron chi connectivity index (χ4n) is 2.02. The SMILES string of the molecule is CCNC(C#N)(CC)CCCOc1cccc(F)c1. The van der Waals surface area contributed by atoms with Crippen LogP contribution in [-0.2, 0) is 0 Å². The van der Waals surface area contributed by atoms with Crippen molar-refractivity contribution in [3.8, 4) is 11.8 Å². The molecule has 0 aliphatic rings. The molecule has 0 saturated heterocycles. The Labute approximate surface area is 114 Å². The molecule has 3 nitrogen and oxygen atoms in total. The third kappa shape index (κ3) is 4.88. The zero-order chi connectivity index (χ0) is 14.1. The second kappa shape index (κ2) is 7.75. The normalized spacial score (nSPS) is 13.6. The number of ether oxygens (including phenoxy) is 1. The van der Waals surface area contributed by atoms with Gasteiger partial charge < -0.3 is 4.74 Å². The molecule has 0 radical (unpaired) electrons. The summed E-state index contributed by atoms with van der Waals surface area (Å²) in [6, 6.07) is 8.44.